The van der Waals surface area contributed by atoms with E-state index in [1.165, 1.54) is 22.6 Å². The number of hydrogen-bond donors (Lipinski definition) is 0. The topological polar surface area (TPSA) is 68.3 Å². The third-order valence-corrected chi connectivity index (χ3v) is 1.05. The maximum absolute atomic E-state index is 10.0. The second kappa shape index (κ2) is 10.1. The second-order valence-electron chi connectivity index (χ2n) is 1.80. The molecule has 0 atom stereocenters. The predicted molar refractivity (Wildman–Crippen MR) is 37.4 cm³/mol. The molecule has 0 aliphatic rings. The first kappa shape index (κ1) is 13.7. The van der Waals surface area contributed by atoms with Crippen LogP contribution in [0.15, 0.2) is 0 Å². The summed E-state index contributed by atoms with van der Waals surface area (Å²) in [7, 11) is 0. The molecule has 0 bridgehead atoms. The Balaban J connectivity index is 0. The van der Waals surface area contributed by atoms with Crippen molar-refractivity contribution in [1.29, 1.82) is 0 Å². The molecule has 0 heterocycles. The fraction of sp³-hybridized carbons (Fsp3) is 0.429. The van der Waals surface area contributed by atoms with E-state index in [1.54, 1.807) is 0 Å². The van der Waals surface area contributed by atoms with Crippen LogP contribution in [-0.4, -0.2) is 20.4 Å². The SMILES string of the molecule is CC(=O)CC(C)=O.O=[C]=[Ir]=[C]=O. The van der Waals surface area contributed by atoms with Crippen LogP contribution in [-0.2, 0) is 36.0 Å². The van der Waals surface area contributed by atoms with Crippen LogP contribution in [0.25, 0.3) is 0 Å². The van der Waals surface area contributed by atoms with Gasteiger partial charge in [-0.1, -0.05) is 0 Å². The molecule has 5 heteroatoms. The monoisotopic (exact) mass is 349 g/mol. The molecule has 0 unspecified atom stereocenters. The van der Waals surface area contributed by atoms with Gasteiger partial charge in [-0.2, -0.15) is 0 Å². The van der Waals surface area contributed by atoms with Crippen molar-refractivity contribution in [1.82, 2.24) is 0 Å². The number of Topliss-reactive ketones (excluding diaryl/α,β-unsaturated/α-hetero) is 2. The molecular weight excluding hydrogens is 340 g/mol. The van der Waals surface area contributed by atoms with Crippen LogP contribution in [0, 0.1) is 0 Å². The van der Waals surface area contributed by atoms with Crippen molar-refractivity contribution in [3.8, 4) is 0 Å². The molecule has 4 nitrogen and oxygen atoms in total. The van der Waals surface area contributed by atoms with Gasteiger partial charge in [-0.3, -0.25) is 9.59 Å². The Hall–Kier alpha value is -0.851. The van der Waals surface area contributed by atoms with Crippen molar-refractivity contribution in [2.75, 3.05) is 0 Å². The van der Waals surface area contributed by atoms with Gasteiger partial charge in [0.1, 0.15) is 11.6 Å². The summed E-state index contributed by atoms with van der Waals surface area (Å²) in [6, 6.07) is 0. The molecule has 0 spiro atoms. The Kier molecular flexibility index (Phi) is 11.6. The molecule has 0 aliphatic carbocycles. The van der Waals surface area contributed by atoms with E-state index in [1.807, 2.05) is 0 Å². The van der Waals surface area contributed by atoms with Crippen molar-refractivity contribution in [3.05, 3.63) is 0 Å². The first-order valence-corrected chi connectivity index (χ1v) is 5.25. The van der Waals surface area contributed by atoms with E-state index in [2.05, 4.69) is 0 Å². The zero-order chi connectivity index (χ0) is 9.98. The molecular formula is C7H8IrO4. The quantitative estimate of drug-likeness (QED) is 0.646. The number of carbonyl (C=O) groups is 2. The zero-order valence-electron chi connectivity index (χ0n) is 6.67. The van der Waals surface area contributed by atoms with E-state index in [-0.39, 0.29) is 18.0 Å². The van der Waals surface area contributed by atoms with Gasteiger partial charge < -0.3 is 0 Å². The van der Waals surface area contributed by atoms with Gasteiger partial charge >= 0.3 is 35.2 Å². The molecule has 0 fully saturated rings. The zero-order valence-corrected chi connectivity index (χ0v) is 9.07. The van der Waals surface area contributed by atoms with E-state index in [0.29, 0.717) is 0 Å². The van der Waals surface area contributed by atoms with Crippen LogP contribution < -0.4 is 0 Å². The Labute approximate surface area is 76.9 Å². The molecule has 0 aromatic heterocycles. The number of ketones is 2. The van der Waals surface area contributed by atoms with Gasteiger partial charge in [0.25, 0.3) is 0 Å². The molecule has 12 heavy (non-hydrogen) atoms. The third kappa shape index (κ3) is 22.9. The molecule has 0 saturated carbocycles. The van der Waals surface area contributed by atoms with E-state index in [9.17, 15) is 9.59 Å². The Morgan fingerprint density at radius 2 is 1.42 bits per heavy atom. The molecule has 0 N–H and O–H groups in total. The fourth-order valence-corrected chi connectivity index (χ4v) is 0.464. The van der Waals surface area contributed by atoms with Gasteiger partial charge in [-0.25, -0.2) is 0 Å². The summed E-state index contributed by atoms with van der Waals surface area (Å²) < 4.78 is 2.94. The predicted octanol–water partition coefficient (Wildman–Crippen LogP) is -0.242. The van der Waals surface area contributed by atoms with E-state index in [0.717, 1.165) is 0 Å². The van der Waals surface area contributed by atoms with Gasteiger partial charge in [-0.05, 0) is 13.8 Å². The van der Waals surface area contributed by atoms with Crippen LogP contribution in [0.3, 0.4) is 0 Å². The number of carbonyl (C=O) groups excluding carboxylic acids is 4. The van der Waals surface area contributed by atoms with Gasteiger partial charge in [-0.15, -0.1) is 0 Å². The Morgan fingerprint density at radius 3 is 1.42 bits per heavy atom. The second-order valence-corrected chi connectivity index (χ2v) is 3.38. The molecule has 0 rings (SSSR count). The van der Waals surface area contributed by atoms with Crippen LogP contribution in [0.1, 0.15) is 20.3 Å². The van der Waals surface area contributed by atoms with Crippen molar-refractivity contribution >= 4 is 20.4 Å². The van der Waals surface area contributed by atoms with Crippen LogP contribution in [0.2, 0.25) is 0 Å². The van der Waals surface area contributed by atoms with E-state index >= 15 is 0 Å². The molecule has 0 aromatic rings. The van der Waals surface area contributed by atoms with Gasteiger partial charge in [0, 0.05) is 0 Å². The van der Waals surface area contributed by atoms with E-state index < -0.39 is 16.8 Å². The molecule has 0 radical (unpaired) electrons. The summed E-state index contributed by atoms with van der Waals surface area (Å²) in [5, 5.41) is 0. The molecule has 0 aliphatic heterocycles. The standard InChI is InChI=1S/C5H8O2.2CO.Ir/c1-4(6)3-5(2)7;2*1-2;/h3H2,1-2H3;;;. The van der Waals surface area contributed by atoms with Crippen LogP contribution >= 0.6 is 0 Å². The third-order valence-electron chi connectivity index (χ3n) is 0.566. The summed E-state index contributed by atoms with van der Waals surface area (Å²) in [6.45, 7) is 2.81. The van der Waals surface area contributed by atoms with Crippen LogP contribution in [0.5, 0.6) is 0 Å². The minimum atomic E-state index is -1.08. The summed E-state index contributed by atoms with van der Waals surface area (Å²) in [6.07, 6.45) is 0.0833. The Bertz CT molecular complexity index is 241. The molecule has 0 amide bonds. The average molecular weight is 348 g/mol. The summed E-state index contributed by atoms with van der Waals surface area (Å²) in [5.41, 5.74) is 0. The van der Waals surface area contributed by atoms with Crippen LogP contribution in [0.4, 0.5) is 0 Å². The molecule has 0 aromatic carbocycles. The summed E-state index contributed by atoms with van der Waals surface area (Å²) in [5.74, 6) is -0.125. The fourth-order valence-electron chi connectivity index (χ4n) is 0.364. The van der Waals surface area contributed by atoms with Gasteiger partial charge in [0.15, 0.2) is 0 Å². The van der Waals surface area contributed by atoms with E-state index in [4.69, 9.17) is 9.59 Å². The molecule has 0 saturated heterocycles. The van der Waals surface area contributed by atoms with Gasteiger partial charge in [0.05, 0.1) is 6.42 Å². The average Bonchev–Trinajstić information content (AvgIpc) is 1.87. The maximum atomic E-state index is 10.0. The molecule has 69 valence electrons. The number of hydrogen-bond acceptors (Lipinski definition) is 4. The number of rotatable bonds is 2. The van der Waals surface area contributed by atoms with Crippen molar-refractivity contribution in [2.24, 2.45) is 0 Å². The normalized spacial score (nSPS) is 6.83. The van der Waals surface area contributed by atoms with Crippen molar-refractivity contribution < 1.29 is 36.0 Å². The summed E-state index contributed by atoms with van der Waals surface area (Å²) in [4.78, 5) is 38.2. The van der Waals surface area contributed by atoms with Gasteiger partial charge in [0.2, 0.25) is 0 Å². The Morgan fingerprint density at radius 1 is 1.08 bits per heavy atom. The van der Waals surface area contributed by atoms with Crippen molar-refractivity contribution in [2.45, 2.75) is 20.3 Å². The first-order valence-electron chi connectivity index (χ1n) is 2.86. The van der Waals surface area contributed by atoms with Crippen molar-refractivity contribution in [3.63, 3.8) is 0 Å². The summed E-state index contributed by atoms with van der Waals surface area (Å²) >= 11 is -1.08. The first-order chi connectivity index (χ1) is 5.54. The minimum absolute atomic E-state index is 0.0625.